The topological polar surface area (TPSA) is 26.0 Å². The molecule has 2 N–H and O–H groups in total. The molecule has 0 aromatic heterocycles. The Labute approximate surface area is 177 Å². The number of hydrogen-bond acceptors (Lipinski definition) is 1. The molecule has 0 spiro atoms. The van der Waals surface area contributed by atoms with E-state index in [1.54, 1.807) is 0 Å². The molecule has 0 saturated heterocycles. The third-order valence-corrected chi connectivity index (χ3v) is 11.3. The Morgan fingerprint density at radius 3 is 1.28 bits per heavy atom. The Morgan fingerprint density at radius 1 is 0.621 bits per heavy atom. The second-order valence-corrected chi connectivity index (χ2v) is 13.5. The van der Waals surface area contributed by atoms with Crippen LogP contribution in [0.25, 0.3) is 0 Å². The minimum atomic E-state index is -1.92. The Hall–Kier alpha value is -1.95. The van der Waals surface area contributed by atoms with Gasteiger partial charge in [-0.15, -0.1) is 0 Å². The van der Waals surface area contributed by atoms with Gasteiger partial charge in [0.05, 0.1) is 5.16 Å². The molecule has 0 saturated carbocycles. The molecule has 29 heavy (non-hydrogen) atoms. The van der Waals surface area contributed by atoms with E-state index in [2.05, 4.69) is 119 Å². The van der Waals surface area contributed by atoms with Crippen LogP contribution in [0.15, 0.2) is 91.0 Å². The van der Waals surface area contributed by atoms with Gasteiger partial charge in [-0.1, -0.05) is 68.4 Å². The number of hydrogen-bond donors (Lipinski definition) is 1. The van der Waals surface area contributed by atoms with Crippen molar-refractivity contribution in [2.24, 2.45) is 11.1 Å². The average molecular weight is 405 g/mol. The summed E-state index contributed by atoms with van der Waals surface area (Å²) in [6, 6.07) is 33.6. The van der Waals surface area contributed by atoms with Crippen molar-refractivity contribution in [1.82, 2.24) is 0 Å². The third kappa shape index (κ3) is 4.32. The summed E-state index contributed by atoms with van der Waals surface area (Å²) in [7, 11) is -1.92. The Balaban J connectivity index is 2.34. The molecule has 0 heterocycles. The first-order valence-corrected chi connectivity index (χ1v) is 12.4. The molecule has 0 amide bonds. The van der Waals surface area contributed by atoms with Gasteiger partial charge in [-0.05, 0) is 75.0 Å². The standard InChI is InChI=1S/C27H35NP/c1-26(2,20-21-28)22-27(3,4)29(23-14-8-5-9-15-23,24-16-10-6-11-17-24)25-18-12-7-13-19-25/h5-19H,20-22,28H2,1-4H3/q+1. The van der Waals surface area contributed by atoms with Crippen molar-refractivity contribution in [3.63, 3.8) is 0 Å². The van der Waals surface area contributed by atoms with Crippen LogP contribution in [0.4, 0.5) is 0 Å². The van der Waals surface area contributed by atoms with Gasteiger partial charge in [0.2, 0.25) is 0 Å². The largest absolute Gasteiger partial charge is 0.330 e. The van der Waals surface area contributed by atoms with Crippen molar-refractivity contribution >= 4 is 23.2 Å². The number of benzene rings is 3. The molecule has 0 atom stereocenters. The van der Waals surface area contributed by atoms with E-state index in [4.69, 9.17) is 5.73 Å². The molecule has 0 aliphatic heterocycles. The predicted molar refractivity (Wildman–Crippen MR) is 131 cm³/mol. The SMILES string of the molecule is CC(C)(CCN)CC(C)(C)[P+](c1ccccc1)(c1ccccc1)c1ccccc1. The van der Waals surface area contributed by atoms with Gasteiger partial charge < -0.3 is 5.73 Å². The zero-order valence-electron chi connectivity index (χ0n) is 18.3. The maximum absolute atomic E-state index is 5.98. The molecule has 1 nitrogen and oxygen atoms in total. The summed E-state index contributed by atoms with van der Waals surface area (Å²) in [6.07, 6.45) is 2.15. The fraction of sp³-hybridized carbons (Fsp3) is 0.333. The van der Waals surface area contributed by atoms with Crippen molar-refractivity contribution < 1.29 is 0 Å². The van der Waals surface area contributed by atoms with Crippen LogP contribution in [0.1, 0.15) is 40.5 Å². The molecule has 0 fully saturated rings. The molecular weight excluding hydrogens is 369 g/mol. The van der Waals surface area contributed by atoms with Crippen molar-refractivity contribution in [1.29, 1.82) is 0 Å². The van der Waals surface area contributed by atoms with Gasteiger partial charge >= 0.3 is 0 Å². The summed E-state index contributed by atoms with van der Waals surface area (Å²) in [6.45, 7) is 10.4. The van der Waals surface area contributed by atoms with Gasteiger partial charge in [0, 0.05) is 0 Å². The lowest BCUT2D eigenvalue weighted by molar-refractivity contribution is 0.282. The molecule has 3 rings (SSSR count). The molecule has 0 radical (unpaired) electrons. The second-order valence-electron chi connectivity index (χ2n) is 9.37. The van der Waals surface area contributed by atoms with Crippen LogP contribution in [0.3, 0.4) is 0 Å². The molecule has 152 valence electrons. The lowest BCUT2D eigenvalue weighted by Crippen LogP contribution is -2.46. The number of nitrogens with two attached hydrogens (primary N) is 1. The van der Waals surface area contributed by atoms with E-state index in [1.165, 1.54) is 15.9 Å². The zero-order chi connectivity index (χ0) is 21.0. The van der Waals surface area contributed by atoms with E-state index >= 15 is 0 Å². The summed E-state index contributed by atoms with van der Waals surface area (Å²) >= 11 is 0. The van der Waals surface area contributed by atoms with Crippen LogP contribution >= 0.6 is 7.26 Å². The first kappa shape index (κ1) is 21.8. The van der Waals surface area contributed by atoms with Gasteiger partial charge in [-0.25, -0.2) is 0 Å². The van der Waals surface area contributed by atoms with E-state index < -0.39 is 7.26 Å². The van der Waals surface area contributed by atoms with Gasteiger partial charge in [-0.3, -0.25) is 0 Å². The van der Waals surface area contributed by atoms with Crippen molar-refractivity contribution in [3.05, 3.63) is 91.0 Å². The maximum Gasteiger partial charge on any atom is 0.117 e. The average Bonchev–Trinajstić information content (AvgIpc) is 2.70. The quantitative estimate of drug-likeness (QED) is 0.491. The van der Waals surface area contributed by atoms with Crippen LogP contribution < -0.4 is 21.6 Å². The highest BCUT2D eigenvalue weighted by Gasteiger charge is 2.58. The van der Waals surface area contributed by atoms with E-state index in [-0.39, 0.29) is 10.6 Å². The molecule has 0 bridgehead atoms. The highest BCUT2D eigenvalue weighted by Crippen LogP contribution is 2.68. The van der Waals surface area contributed by atoms with Crippen LogP contribution in [0.5, 0.6) is 0 Å². The molecule has 2 heteroatoms. The normalized spacial score (nSPS) is 12.7. The maximum atomic E-state index is 5.98. The van der Waals surface area contributed by atoms with E-state index in [0.29, 0.717) is 0 Å². The fourth-order valence-electron chi connectivity index (χ4n) is 5.22. The monoisotopic (exact) mass is 404 g/mol. The summed E-state index contributed by atoms with van der Waals surface area (Å²) in [5.41, 5.74) is 6.17. The smallest absolute Gasteiger partial charge is 0.117 e. The molecule has 0 aliphatic rings. The molecule has 3 aromatic carbocycles. The summed E-state index contributed by atoms with van der Waals surface area (Å²) in [5.74, 6) is 0. The second kappa shape index (κ2) is 8.82. The first-order chi connectivity index (χ1) is 13.8. The van der Waals surface area contributed by atoms with Gasteiger partial charge in [-0.2, -0.15) is 0 Å². The van der Waals surface area contributed by atoms with Gasteiger partial charge in [0.25, 0.3) is 0 Å². The predicted octanol–water partition coefficient (Wildman–Crippen LogP) is 5.52. The molecule has 0 unspecified atom stereocenters. The van der Waals surface area contributed by atoms with Crippen LogP contribution in [-0.2, 0) is 0 Å². The van der Waals surface area contributed by atoms with Crippen molar-refractivity contribution in [2.45, 2.75) is 45.7 Å². The minimum absolute atomic E-state index is 0.0652. The Bertz CT molecular complexity index is 789. The zero-order valence-corrected chi connectivity index (χ0v) is 19.2. The summed E-state index contributed by atoms with van der Waals surface area (Å²) in [4.78, 5) is 0. The van der Waals surface area contributed by atoms with E-state index in [1.807, 2.05) is 0 Å². The molecular formula is C27H35NP+. The summed E-state index contributed by atoms with van der Waals surface area (Å²) < 4.78 is 0. The fourth-order valence-corrected chi connectivity index (χ4v) is 10.7. The third-order valence-electron chi connectivity index (χ3n) is 6.07. The van der Waals surface area contributed by atoms with Crippen LogP contribution in [-0.4, -0.2) is 11.7 Å². The van der Waals surface area contributed by atoms with Crippen LogP contribution in [0, 0.1) is 5.41 Å². The van der Waals surface area contributed by atoms with E-state index in [9.17, 15) is 0 Å². The van der Waals surface area contributed by atoms with Crippen molar-refractivity contribution in [3.8, 4) is 0 Å². The first-order valence-electron chi connectivity index (χ1n) is 10.6. The highest BCUT2D eigenvalue weighted by atomic mass is 31.2. The highest BCUT2D eigenvalue weighted by molar-refractivity contribution is 7.96. The van der Waals surface area contributed by atoms with Crippen LogP contribution in [0.2, 0.25) is 0 Å². The lowest BCUT2D eigenvalue weighted by Gasteiger charge is -2.44. The van der Waals surface area contributed by atoms with Crippen molar-refractivity contribution in [2.75, 3.05) is 6.54 Å². The van der Waals surface area contributed by atoms with E-state index in [0.717, 1.165) is 19.4 Å². The molecule has 0 aliphatic carbocycles. The number of rotatable bonds is 8. The summed E-state index contributed by atoms with van der Waals surface area (Å²) in [5, 5.41) is 4.42. The van der Waals surface area contributed by atoms with Gasteiger partial charge in [0.1, 0.15) is 23.2 Å². The Kier molecular flexibility index (Phi) is 6.62. The molecule has 3 aromatic rings. The van der Waals surface area contributed by atoms with Gasteiger partial charge in [0.15, 0.2) is 0 Å². The Morgan fingerprint density at radius 2 is 0.966 bits per heavy atom. The lowest BCUT2D eigenvalue weighted by atomic mass is 9.81. The minimum Gasteiger partial charge on any atom is -0.330 e.